The van der Waals surface area contributed by atoms with Crippen molar-refractivity contribution in [3.05, 3.63) is 34.3 Å². The van der Waals surface area contributed by atoms with Crippen molar-refractivity contribution in [3.63, 3.8) is 0 Å². The van der Waals surface area contributed by atoms with Crippen LogP contribution in [-0.4, -0.2) is 22.5 Å². The highest BCUT2D eigenvalue weighted by Crippen LogP contribution is 2.30. The van der Waals surface area contributed by atoms with E-state index in [2.05, 4.69) is 10.5 Å². The van der Waals surface area contributed by atoms with Crippen LogP contribution in [0.4, 0.5) is 0 Å². The summed E-state index contributed by atoms with van der Waals surface area (Å²) in [6, 6.07) is 5.15. The second-order valence-corrected chi connectivity index (χ2v) is 5.68. The molecule has 0 heterocycles. The molecule has 0 bridgehead atoms. The van der Waals surface area contributed by atoms with E-state index >= 15 is 0 Å². The van der Waals surface area contributed by atoms with Crippen molar-refractivity contribution < 1.29 is 10.0 Å². The molecule has 0 saturated heterocycles. The number of nitrogens with zero attached hydrogens (tertiary/aromatic N) is 1. The normalized spacial score (nSPS) is 18.0. The fourth-order valence-electron chi connectivity index (χ4n) is 2.68. The topological polar surface area (TPSA) is 87.7 Å². The predicted octanol–water partition coefficient (Wildman–Crippen LogP) is 2.44. The average molecular weight is 296 g/mol. The van der Waals surface area contributed by atoms with Gasteiger partial charge < -0.3 is 16.3 Å². The number of hydrogen-bond acceptors (Lipinski definition) is 3. The molecule has 20 heavy (non-hydrogen) atoms. The van der Waals surface area contributed by atoms with Gasteiger partial charge in [-0.15, -0.1) is 0 Å². The van der Waals surface area contributed by atoms with Gasteiger partial charge in [0.25, 0.3) is 5.91 Å². The third kappa shape index (κ3) is 2.88. The van der Waals surface area contributed by atoms with Crippen molar-refractivity contribution in [1.29, 1.82) is 0 Å². The second kappa shape index (κ2) is 5.71. The first kappa shape index (κ1) is 14.7. The molecule has 1 aliphatic rings. The molecule has 4 N–H and O–H groups in total. The number of hydrogen-bond donors (Lipinski definition) is 3. The Labute approximate surface area is 122 Å². The van der Waals surface area contributed by atoms with Gasteiger partial charge in [0.2, 0.25) is 0 Å². The van der Waals surface area contributed by atoms with Crippen molar-refractivity contribution in [2.24, 2.45) is 10.9 Å². The molecule has 6 heteroatoms. The van der Waals surface area contributed by atoms with Gasteiger partial charge in [-0.3, -0.25) is 4.79 Å². The molecule has 0 aliphatic heterocycles. The monoisotopic (exact) mass is 295 g/mol. The van der Waals surface area contributed by atoms with Crippen LogP contribution >= 0.6 is 11.6 Å². The predicted molar refractivity (Wildman–Crippen MR) is 78.3 cm³/mol. The van der Waals surface area contributed by atoms with E-state index in [9.17, 15) is 4.79 Å². The van der Waals surface area contributed by atoms with Gasteiger partial charge in [0.15, 0.2) is 5.84 Å². The highest BCUT2D eigenvalue weighted by molar-refractivity contribution is 6.31. The van der Waals surface area contributed by atoms with E-state index in [0.29, 0.717) is 23.4 Å². The molecular formula is C14H18ClN3O2. The smallest absolute Gasteiger partial charge is 0.252 e. The second-order valence-electron chi connectivity index (χ2n) is 5.25. The third-order valence-corrected chi connectivity index (χ3v) is 3.93. The zero-order valence-electron chi connectivity index (χ0n) is 11.3. The first-order chi connectivity index (χ1) is 9.47. The molecule has 1 aromatic rings. The summed E-state index contributed by atoms with van der Waals surface area (Å²) in [5.41, 5.74) is 6.40. The SMILES string of the molecule is Cc1cc(Cl)cc(C(=O)NC2(/C(N)=N/O)CCCC2)c1. The molecule has 0 radical (unpaired) electrons. The largest absolute Gasteiger partial charge is 0.409 e. The maximum Gasteiger partial charge on any atom is 0.252 e. The highest BCUT2D eigenvalue weighted by Gasteiger charge is 2.39. The molecule has 5 nitrogen and oxygen atoms in total. The van der Waals surface area contributed by atoms with Crippen LogP contribution in [0.15, 0.2) is 23.4 Å². The number of amides is 1. The highest BCUT2D eigenvalue weighted by atomic mass is 35.5. The Morgan fingerprint density at radius 3 is 2.60 bits per heavy atom. The lowest BCUT2D eigenvalue weighted by molar-refractivity contribution is 0.0922. The van der Waals surface area contributed by atoms with Gasteiger partial charge in [-0.1, -0.05) is 29.6 Å². The summed E-state index contributed by atoms with van der Waals surface area (Å²) in [6.07, 6.45) is 3.22. The van der Waals surface area contributed by atoms with Gasteiger partial charge in [0.1, 0.15) is 5.54 Å². The maximum atomic E-state index is 12.4. The maximum absolute atomic E-state index is 12.4. The number of nitrogens with one attached hydrogen (secondary N) is 1. The fraction of sp³-hybridized carbons (Fsp3) is 0.429. The van der Waals surface area contributed by atoms with Crippen LogP contribution < -0.4 is 11.1 Å². The number of amidine groups is 1. The summed E-state index contributed by atoms with van der Waals surface area (Å²) in [7, 11) is 0. The quantitative estimate of drug-likeness (QED) is 0.346. The number of aryl methyl sites for hydroxylation is 1. The lowest BCUT2D eigenvalue weighted by Gasteiger charge is -2.28. The molecule has 1 amide bonds. The molecule has 1 fully saturated rings. The molecular weight excluding hydrogens is 278 g/mol. The van der Waals surface area contributed by atoms with Crippen LogP contribution in [0.2, 0.25) is 5.02 Å². The number of oxime groups is 1. The Bertz CT molecular complexity index is 531. The Hall–Kier alpha value is -1.75. The number of nitrogens with two attached hydrogens (primary N) is 1. The summed E-state index contributed by atoms with van der Waals surface area (Å²) >= 11 is 5.97. The van der Waals surface area contributed by atoms with Crippen molar-refractivity contribution in [1.82, 2.24) is 5.32 Å². The van der Waals surface area contributed by atoms with Crippen LogP contribution in [0.1, 0.15) is 41.6 Å². The summed E-state index contributed by atoms with van der Waals surface area (Å²) in [4.78, 5) is 12.4. The minimum atomic E-state index is -0.748. The lowest BCUT2D eigenvalue weighted by Crippen LogP contribution is -2.55. The van der Waals surface area contributed by atoms with Crippen molar-refractivity contribution in [2.75, 3.05) is 0 Å². The van der Waals surface area contributed by atoms with Crippen LogP contribution in [0, 0.1) is 6.92 Å². The summed E-state index contributed by atoms with van der Waals surface area (Å²) in [5, 5.41) is 15.4. The zero-order chi connectivity index (χ0) is 14.8. The zero-order valence-corrected chi connectivity index (χ0v) is 12.1. The van der Waals surface area contributed by atoms with E-state index in [-0.39, 0.29) is 11.7 Å². The number of halogens is 1. The van der Waals surface area contributed by atoms with Crippen molar-refractivity contribution in [2.45, 2.75) is 38.1 Å². The van der Waals surface area contributed by atoms with Crippen molar-refractivity contribution >= 4 is 23.3 Å². The van der Waals surface area contributed by atoms with Crippen LogP contribution in [0.25, 0.3) is 0 Å². The number of rotatable bonds is 3. The Balaban J connectivity index is 2.25. The number of benzene rings is 1. The minimum absolute atomic E-state index is 0.0575. The standard InChI is InChI=1S/C14H18ClN3O2/c1-9-6-10(8-11(15)7-9)12(19)17-14(13(16)18-20)4-2-3-5-14/h6-8,20H,2-5H2,1H3,(H2,16,18)(H,17,19). The third-order valence-electron chi connectivity index (χ3n) is 3.71. The first-order valence-electron chi connectivity index (χ1n) is 6.54. The lowest BCUT2D eigenvalue weighted by atomic mass is 9.95. The Kier molecular flexibility index (Phi) is 4.18. The number of carbonyl (C=O) groups excluding carboxylic acids is 1. The summed E-state index contributed by atoms with van der Waals surface area (Å²) < 4.78 is 0. The van der Waals surface area contributed by atoms with Gasteiger partial charge in [-0.2, -0.15) is 0 Å². The van der Waals surface area contributed by atoms with E-state index in [1.54, 1.807) is 18.2 Å². The molecule has 0 spiro atoms. The van der Waals surface area contributed by atoms with E-state index in [0.717, 1.165) is 18.4 Å². The van der Waals surface area contributed by atoms with Gasteiger partial charge in [0, 0.05) is 10.6 Å². The van der Waals surface area contributed by atoms with Gasteiger partial charge in [-0.05, 0) is 43.5 Å². The number of carbonyl (C=O) groups is 1. The van der Waals surface area contributed by atoms with Crippen LogP contribution in [-0.2, 0) is 0 Å². The van der Waals surface area contributed by atoms with Gasteiger partial charge in [0.05, 0.1) is 0 Å². The van der Waals surface area contributed by atoms with Crippen LogP contribution in [0.3, 0.4) is 0 Å². The molecule has 1 aromatic carbocycles. The molecule has 1 saturated carbocycles. The van der Waals surface area contributed by atoms with E-state index in [1.807, 2.05) is 6.92 Å². The molecule has 0 aromatic heterocycles. The molecule has 108 valence electrons. The Morgan fingerprint density at radius 1 is 1.40 bits per heavy atom. The molecule has 1 aliphatic carbocycles. The summed E-state index contributed by atoms with van der Waals surface area (Å²) in [5.74, 6) is -0.203. The fourth-order valence-corrected chi connectivity index (χ4v) is 2.97. The minimum Gasteiger partial charge on any atom is -0.409 e. The van der Waals surface area contributed by atoms with E-state index in [4.69, 9.17) is 22.5 Å². The van der Waals surface area contributed by atoms with E-state index < -0.39 is 5.54 Å². The van der Waals surface area contributed by atoms with Crippen molar-refractivity contribution in [3.8, 4) is 0 Å². The molecule has 0 atom stereocenters. The molecule has 2 rings (SSSR count). The van der Waals surface area contributed by atoms with Crippen LogP contribution in [0.5, 0.6) is 0 Å². The average Bonchev–Trinajstić information content (AvgIpc) is 2.86. The van der Waals surface area contributed by atoms with Gasteiger partial charge >= 0.3 is 0 Å². The first-order valence-corrected chi connectivity index (χ1v) is 6.92. The Morgan fingerprint density at radius 2 is 2.05 bits per heavy atom. The summed E-state index contributed by atoms with van der Waals surface area (Å²) in [6.45, 7) is 1.87. The van der Waals surface area contributed by atoms with E-state index in [1.165, 1.54) is 0 Å². The van der Waals surface area contributed by atoms with Gasteiger partial charge in [-0.25, -0.2) is 0 Å². The molecule has 0 unspecified atom stereocenters.